The van der Waals surface area contributed by atoms with Crippen molar-refractivity contribution in [3.05, 3.63) is 59.0 Å². The number of ether oxygens (including phenoxy) is 1. The highest BCUT2D eigenvalue weighted by molar-refractivity contribution is 6.32. The lowest BCUT2D eigenvalue weighted by Gasteiger charge is -2.36. The first-order chi connectivity index (χ1) is 12.2. The van der Waals surface area contributed by atoms with E-state index in [1.807, 2.05) is 0 Å². The number of nitrogens with zero attached hydrogens (tertiary/aromatic N) is 3. The number of carbonyl (C=O) groups excluding carboxylic acids is 1. The Balaban J connectivity index is 2.27. The van der Waals surface area contributed by atoms with E-state index in [0.29, 0.717) is 0 Å². The molecule has 0 N–H and O–H groups in total. The van der Waals surface area contributed by atoms with Gasteiger partial charge in [0.1, 0.15) is 17.5 Å². The summed E-state index contributed by atoms with van der Waals surface area (Å²) in [6.45, 7) is 0. The SMILES string of the molecule is COC(=O)C1(C(F)(F)F)N=C2C=CC(Cl)=CN2C(c2ccc(F)cc2)=N1. The third-order valence-electron chi connectivity index (χ3n) is 3.63. The van der Waals surface area contributed by atoms with Crippen molar-refractivity contribution in [1.82, 2.24) is 4.90 Å². The van der Waals surface area contributed by atoms with E-state index >= 15 is 0 Å². The van der Waals surface area contributed by atoms with Crippen LogP contribution in [-0.4, -0.2) is 41.5 Å². The van der Waals surface area contributed by atoms with Gasteiger partial charge >= 0.3 is 17.8 Å². The fourth-order valence-electron chi connectivity index (χ4n) is 2.40. The van der Waals surface area contributed by atoms with Crippen molar-refractivity contribution in [2.45, 2.75) is 11.8 Å². The topological polar surface area (TPSA) is 54.3 Å². The number of benzene rings is 1. The molecular formula is C16H10ClF4N3O2. The molecule has 0 saturated carbocycles. The van der Waals surface area contributed by atoms with Crippen LogP contribution >= 0.6 is 11.6 Å². The van der Waals surface area contributed by atoms with Crippen molar-refractivity contribution in [3.63, 3.8) is 0 Å². The standard InChI is InChI=1S/C16H10ClF4N3O2/c1-26-14(25)15(16(19,20)21)22-12-7-4-10(17)8-24(12)13(23-15)9-2-5-11(18)6-3-9/h2-8H,1H3. The number of methoxy groups -OCH3 is 1. The van der Waals surface area contributed by atoms with Crippen LogP contribution in [-0.2, 0) is 9.53 Å². The van der Waals surface area contributed by atoms with E-state index in [1.165, 1.54) is 35.4 Å². The molecule has 0 aromatic heterocycles. The maximum Gasteiger partial charge on any atom is 0.445 e. The van der Waals surface area contributed by atoms with Gasteiger partial charge in [-0.05, 0) is 36.4 Å². The van der Waals surface area contributed by atoms with Crippen molar-refractivity contribution >= 4 is 29.2 Å². The molecule has 0 spiro atoms. The highest BCUT2D eigenvalue weighted by atomic mass is 35.5. The second-order valence-electron chi connectivity index (χ2n) is 5.29. The van der Waals surface area contributed by atoms with Crippen LogP contribution in [0.3, 0.4) is 0 Å². The summed E-state index contributed by atoms with van der Waals surface area (Å²) in [7, 11) is 0.808. The van der Waals surface area contributed by atoms with Crippen molar-refractivity contribution in [3.8, 4) is 0 Å². The summed E-state index contributed by atoms with van der Waals surface area (Å²) in [6.07, 6.45) is -1.34. The van der Waals surface area contributed by atoms with Crippen LogP contribution in [0, 0.1) is 5.82 Å². The van der Waals surface area contributed by atoms with Crippen molar-refractivity contribution in [2.24, 2.45) is 9.98 Å². The average Bonchev–Trinajstić information content (AvgIpc) is 2.60. The van der Waals surface area contributed by atoms with Crippen molar-refractivity contribution in [1.29, 1.82) is 0 Å². The van der Waals surface area contributed by atoms with Crippen molar-refractivity contribution in [2.75, 3.05) is 7.11 Å². The largest absolute Gasteiger partial charge is 0.465 e. The Hall–Kier alpha value is -2.68. The zero-order valence-corrected chi connectivity index (χ0v) is 13.8. The lowest BCUT2D eigenvalue weighted by molar-refractivity contribution is -0.202. The van der Waals surface area contributed by atoms with Crippen molar-refractivity contribution < 1.29 is 27.1 Å². The van der Waals surface area contributed by atoms with E-state index in [-0.39, 0.29) is 22.3 Å². The molecule has 0 bridgehead atoms. The Kier molecular flexibility index (Phi) is 4.35. The van der Waals surface area contributed by atoms with Crippen LogP contribution in [0.15, 0.2) is 57.6 Å². The fourth-order valence-corrected chi connectivity index (χ4v) is 2.56. The Bertz CT molecular complexity index is 874. The van der Waals surface area contributed by atoms with Crippen LogP contribution < -0.4 is 0 Å². The minimum atomic E-state index is -5.16. The lowest BCUT2D eigenvalue weighted by Crippen LogP contribution is -2.55. The maximum absolute atomic E-state index is 13.8. The summed E-state index contributed by atoms with van der Waals surface area (Å²) in [4.78, 5) is 20.3. The highest BCUT2D eigenvalue weighted by Gasteiger charge is 2.64. The molecule has 1 unspecified atom stereocenters. The number of halogens is 5. The van der Waals surface area contributed by atoms with Gasteiger partial charge < -0.3 is 4.74 Å². The molecule has 3 rings (SSSR count). The van der Waals surface area contributed by atoms with Crippen LogP contribution in [0.2, 0.25) is 0 Å². The molecular weight excluding hydrogens is 378 g/mol. The third kappa shape index (κ3) is 2.88. The number of esters is 1. The number of fused-ring (bicyclic) bond motifs is 1. The van der Waals surface area contributed by atoms with Gasteiger partial charge in [0, 0.05) is 11.8 Å². The molecule has 2 heterocycles. The molecule has 0 aliphatic carbocycles. The molecule has 2 aliphatic heterocycles. The van der Waals surface area contributed by atoms with Gasteiger partial charge in [0.2, 0.25) is 0 Å². The van der Waals surface area contributed by atoms with Gasteiger partial charge in [-0.2, -0.15) is 13.2 Å². The smallest absolute Gasteiger partial charge is 0.445 e. The first kappa shape index (κ1) is 18.1. The molecule has 1 aromatic carbocycles. The normalized spacial score (nSPS) is 22.2. The first-order valence-electron chi connectivity index (χ1n) is 7.13. The van der Waals surface area contributed by atoms with Crippen LogP contribution in [0.1, 0.15) is 5.56 Å². The van der Waals surface area contributed by atoms with E-state index in [2.05, 4.69) is 14.7 Å². The summed E-state index contributed by atoms with van der Waals surface area (Å²) in [5.74, 6) is -2.77. The zero-order chi connectivity index (χ0) is 19.1. The fraction of sp³-hybridized carbons (Fsp3) is 0.188. The number of hydrogen-bond donors (Lipinski definition) is 0. The lowest BCUT2D eigenvalue weighted by atomic mass is 10.1. The quantitative estimate of drug-likeness (QED) is 0.577. The Morgan fingerprint density at radius 2 is 1.85 bits per heavy atom. The molecule has 10 heteroatoms. The molecule has 26 heavy (non-hydrogen) atoms. The second-order valence-corrected chi connectivity index (χ2v) is 5.73. The van der Waals surface area contributed by atoms with E-state index in [4.69, 9.17) is 11.6 Å². The molecule has 5 nitrogen and oxygen atoms in total. The summed E-state index contributed by atoms with van der Waals surface area (Å²) in [5, 5.41) is 0.205. The second kappa shape index (κ2) is 6.24. The van der Waals surface area contributed by atoms with Crippen LogP contribution in [0.25, 0.3) is 0 Å². The number of aliphatic imine (C=N–C) groups is 2. The highest BCUT2D eigenvalue weighted by Crippen LogP contribution is 2.40. The monoisotopic (exact) mass is 387 g/mol. The molecule has 0 fully saturated rings. The van der Waals surface area contributed by atoms with Gasteiger partial charge in [-0.25, -0.2) is 19.2 Å². The minimum absolute atomic E-state index is 0.132. The van der Waals surface area contributed by atoms with Crippen LogP contribution in [0.4, 0.5) is 17.6 Å². The summed E-state index contributed by atoms with van der Waals surface area (Å²) in [6, 6.07) is 4.58. The molecule has 1 aromatic rings. The number of carbonyl (C=O) groups is 1. The third-order valence-corrected chi connectivity index (χ3v) is 3.85. The Morgan fingerprint density at radius 3 is 2.42 bits per heavy atom. The number of rotatable bonds is 2. The number of alkyl halides is 3. The molecule has 1 atom stereocenters. The van der Waals surface area contributed by atoms with E-state index in [1.54, 1.807) is 0 Å². The predicted molar refractivity (Wildman–Crippen MR) is 86.1 cm³/mol. The maximum atomic E-state index is 13.8. The zero-order valence-electron chi connectivity index (χ0n) is 13.1. The van der Waals surface area contributed by atoms with Gasteiger partial charge in [0.15, 0.2) is 0 Å². The first-order valence-corrected chi connectivity index (χ1v) is 7.51. The summed E-state index contributed by atoms with van der Waals surface area (Å²) >= 11 is 5.91. The molecule has 0 amide bonds. The van der Waals surface area contributed by atoms with Gasteiger partial charge in [-0.3, -0.25) is 4.90 Å². The van der Waals surface area contributed by atoms with Gasteiger partial charge in [0.05, 0.1) is 12.1 Å². The summed E-state index contributed by atoms with van der Waals surface area (Å²) < 4.78 is 58.8. The predicted octanol–water partition coefficient (Wildman–Crippen LogP) is 3.37. The Morgan fingerprint density at radius 1 is 1.19 bits per heavy atom. The number of hydrogen-bond acceptors (Lipinski definition) is 5. The molecule has 136 valence electrons. The van der Waals surface area contributed by atoms with E-state index < -0.39 is 23.6 Å². The minimum Gasteiger partial charge on any atom is -0.465 e. The van der Waals surface area contributed by atoms with Gasteiger partial charge in [0.25, 0.3) is 0 Å². The van der Waals surface area contributed by atoms with E-state index in [9.17, 15) is 22.4 Å². The molecule has 0 saturated heterocycles. The van der Waals surface area contributed by atoms with Gasteiger partial charge in [-0.1, -0.05) is 11.6 Å². The van der Waals surface area contributed by atoms with Crippen LogP contribution in [0.5, 0.6) is 0 Å². The average molecular weight is 388 g/mol. The summed E-state index contributed by atoms with van der Waals surface area (Å²) in [5.41, 5.74) is -3.34. The number of allylic oxidation sites excluding steroid dienone is 2. The molecule has 0 radical (unpaired) electrons. The molecule has 2 aliphatic rings. The van der Waals surface area contributed by atoms with Gasteiger partial charge in [-0.15, -0.1) is 0 Å². The Labute approximate surface area is 149 Å². The number of amidine groups is 2. The van der Waals surface area contributed by atoms with E-state index in [0.717, 1.165) is 19.2 Å².